The van der Waals surface area contributed by atoms with Gasteiger partial charge in [0, 0.05) is 0 Å². The lowest BCUT2D eigenvalue weighted by molar-refractivity contribution is -0.132. The molecule has 0 aliphatic carbocycles. The Balaban J connectivity index is 1.88. The van der Waals surface area contributed by atoms with Crippen LogP contribution in [0.1, 0.15) is 24.2 Å². The van der Waals surface area contributed by atoms with Gasteiger partial charge in [0.25, 0.3) is 5.91 Å². The van der Waals surface area contributed by atoms with E-state index in [2.05, 4.69) is 5.32 Å². The number of benzene rings is 2. The van der Waals surface area contributed by atoms with Crippen molar-refractivity contribution in [3.8, 4) is 5.75 Å². The average Bonchev–Trinajstić information content (AvgIpc) is 2.86. The first kappa shape index (κ1) is 18.8. The quantitative estimate of drug-likeness (QED) is 0.786. The number of methoxy groups -OCH3 is 1. The van der Waals surface area contributed by atoms with Gasteiger partial charge in [0.1, 0.15) is 29.0 Å². The molecule has 1 aliphatic rings. The summed E-state index contributed by atoms with van der Waals surface area (Å²) < 4.78 is 32.8. The van der Waals surface area contributed by atoms with Crippen LogP contribution < -0.4 is 10.1 Å². The molecule has 6 nitrogen and oxygen atoms in total. The third-order valence-electron chi connectivity index (χ3n) is 4.61. The molecule has 3 rings (SSSR count). The van der Waals surface area contributed by atoms with E-state index in [9.17, 15) is 23.5 Å². The Morgan fingerprint density at radius 2 is 1.81 bits per heavy atom. The number of hydrogen-bond acceptors (Lipinski definition) is 4. The number of carbonyl (C=O) groups is 2. The van der Waals surface area contributed by atoms with Crippen LogP contribution in [0, 0.1) is 11.6 Å². The smallest absolute Gasteiger partial charge is 0.325 e. The summed E-state index contributed by atoms with van der Waals surface area (Å²) >= 11 is 0. The maximum Gasteiger partial charge on any atom is 0.325 e. The maximum atomic E-state index is 13.9. The van der Waals surface area contributed by atoms with E-state index < -0.39 is 47.3 Å². The number of carbonyl (C=O) groups excluding carboxylic acids is 2. The van der Waals surface area contributed by atoms with Crippen molar-refractivity contribution < 1.29 is 28.2 Å². The molecule has 142 valence electrons. The van der Waals surface area contributed by atoms with Crippen molar-refractivity contribution in [3.05, 3.63) is 65.2 Å². The fourth-order valence-corrected chi connectivity index (χ4v) is 3.09. The van der Waals surface area contributed by atoms with Crippen LogP contribution >= 0.6 is 0 Å². The molecule has 8 heteroatoms. The van der Waals surface area contributed by atoms with E-state index in [0.717, 1.165) is 23.1 Å². The van der Waals surface area contributed by atoms with Gasteiger partial charge in [-0.25, -0.2) is 13.6 Å². The minimum absolute atomic E-state index is 0.481. The Hall–Kier alpha value is -3.00. The van der Waals surface area contributed by atoms with Crippen molar-refractivity contribution >= 4 is 11.9 Å². The Kier molecular flexibility index (Phi) is 4.84. The molecule has 2 aromatic rings. The van der Waals surface area contributed by atoms with E-state index >= 15 is 0 Å². The second kappa shape index (κ2) is 6.96. The highest BCUT2D eigenvalue weighted by molar-refractivity contribution is 6.07. The maximum absolute atomic E-state index is 13.9. The molecule has 0 saturated carbocycles. The van der Waals surface area contributed by atoms with E-state index in [1.165, 1.54) is 14.0 Å². The fraction of sp³-hybridized carbons (Fsp3) is 0.263. The molecule has 1 aliphatic heterocycles. The average molecular weight is 376 g/mol. The van der Waals surface area contributed by atoms with E-state index in [0.29, 0.717) is 11.3 Å². The van der Waals surface area contributed by atoms with Crippen molar-refractivity contribution in [1.29, 1.82) is 0 Å². The number of urea groups is 1. The van der Waals surface area contributed by atoms with Gasteiger partial charge in [0.05, 0.1) is 19.2 Å². The van der Waals surface area contributed by atoms with Crippen LogP contribution in [-0.2, 0) is 10.3 Å². The number of rotatable bonds is 5. The SMILES string of the molecule is COc1cccc(C2(C)NC(=O)N(CC(O)c3c(F)cccc3F)C2=O)c1. The molecule has 1 heterocycles. The summed E-state index contributed by atoms with van der Waals surface area (Å²) in [5, 5.41) is 12.8. The van der Waals surface area contributed by atoms with Gasteiger partial charge in [-0.1, -0.05) is 18.2 Å². The van der Waals surface area contributed by atoms with E-state index in [4.69, 9.17) is 4.74 Å². The summed E-state index contributed by atoms with van der Waals surface area (Å²) in [6.07, 6.45) is -1.70. The predicted octanol–water partition coefficient (Wildman–Crippen LogP) is 2.47. The van der Waals surface area contributed by atoms with Crippen LogP contribution in [0.25, 0.3) is 0 Å². The minimum Gasteiger partial charge on any atom is -0.497 e. The zero-order chi connectivity index (χ0) is 19.8. The normalized spacial score (nSPS) is 20.6. The number of amides is 3. The molecular weight excluding hydrogens is 358 g/mol. The molecule has 2 N–H and O–H groups in total. The third-order valence-corrected chi connectivity index (χ3v) is 4.61. The second-order valence-corrected chi connectivity index (χ2v) is 6.35. The molecule has 0 radical (unpaired) electrons. The van der Waals surface area contributed by atoms with Crippen LogP contribution in [0.4, 0.5) is 13.6 Å². The molecule has 2 unspecified atom stereocenters. The molecular formula is C19H18F2N2O4. The number of halogens is 2. The number of aliphatic hydroxyl groups is 1. The number of β-amino-alcohol motifs (C(OH)–C–C–N with tert-alkyl or cyclic N) is 1. The van der Waals surface area contributed by atoms with E-state index in [-0.39, 0.29) is 0 Å². The van der Waals surface area contributed by atoms with Gasteiger partial charge in [-0.05, 0) is 36.8 Å². The molecule has 0 bridgehead atoms. The van der Waals surface area contributed by atoms with Gasteiger partial charge in [-0.3, -0.25) is 9.69 Å². The molecule has 1 fully saturated rings. The molecule has 2 aromatic carbocycles. The van der Waals surface area contributed by atoms with Crippen LogP contribution in [-0.4, -0.2) is 35.6 Å². The van der Waals surface area contributed by atoms with Crippen molar-refractivity contribution in [3.63, 3.8) is 0 Å². The third kappa shape index (κ3) is 3.23. The van der Waals surface area contributed by atoms with Crippen LogP contribution in [0.5, 0.6) is 5.75 Å². The predicted molar refractivity (Wildman–Crippen MR) is 91.9 cm³/mol. The van der Waals surface area contributed by atoms with Crippen LogP contribution in [0.15, 0.2) is 42.5 Å². The van der Waals surface area contributed by atoms with Gasteiger partial charge >= 0.3 is 6.03 Å². The molecule has 2 atom stereocenters. The molecule has 1 saturated heterocycles. The zero-order valence-corrected chi connectivity index (χ0v) is 14.7. The second-order valence-electron chi connectivity index (χ2n) is 6.35. The van der Waals surface area contributed by atoms with Gasteiger partial charge < -0.3 is 15.2 Å². The first-order chi connectivity index (χ1) is 12.8. The number of aliphatic hydroxyl groups excluding tert-OH is 1. The number of nitrogens with zero attached hydrogens (tertiary/aromatic N) is 1. The lowest BCUT2D eigenvalue weighted by atomic mass is 9.92. The number of ether oxygens (including phenoxy) is 1. The molecule has 0 aromatic heterocycles. The van der Waals surface area contributed by atoms with Gasteiger partial charge in [0.15, 0.2) is 0 Å². The van der Waals surface area contributed by atoms with Gasteiger partial charge in [-0.2, -0.15) is 0 Å². The highest BCUT2D eigenvalue weighted by Crippen LogP contribution is 2.32. The van der Waals surface area contributed by atoms with Gasteiger partial charge in [-0.15, -0.1) is 0 Å². The summed E-state index contributed by atoms with van der Waals surface area (Å²) in [4.78, 5) is 26.0. The Morgan fingerprint density at radius 1 is 1.19 bits per heavy atom. The summed E-state index contributed by atoms with van der Waals surface area (Å²) in [5.41, 5.74) is -1.50. The van der Waals surface area contributed by atoms with Crippen molar-refractivity contribution in [1.82, 2.24) is 10.2 Å². The summed E-state index contributed by atoms with van der Waals surface area (Å²) in [6.45, 7) is 0.931. The molecule has 0 spiro atoms. The molecule has 3 amide bonds. The monoisotopic (exact) mass is 376 g/mol. The first-order valence-corrected chi connectivity index (χ1v) is 8.18. The zero-order valence-electron chi connectivity index (χ0n) is 14.7. The highest BCUT2D eigenvalue weighted by atomic mass is 19.1. The van der Waals surface area contributed by atoms with E-state index in [1.54, 1.807) is 24.3 Å². The standard InChI is InChI=1S/C19H18F2N2O4/c1-19(11-5-3-6-12(9-11)27-2)17(25)23(18(26)22-19)10-15(24)16-13(20)7-4-8-14(16)21/h3-9,15,24H,10H2,1-2H3,(H,22,26). The topological polar surface area (TPSA) is 78.9 Å². The van der Waals surface area contributed by atoms with Crippen LogP contribution in [0.3, 0.4) is 0 Å². The summed E-state index contributed by atoms with van der Waals surface area (Å²) in [5.74, 6) is -2.05. The van der Waals surface area contributed by atoms with Crippen molar-refractivity contribution in [2.45, 2.75) is 18.6 Å². The highest BCUT2D eigenvalue weighted by Gasteiger charge is 2.49. The fourth-order valence-electron chi connectivity index (χ4n) is 3.09. The van der Waals surface area contributed by atoms with Crippen molar-refractivity contribution in [2.75, 3.05) is 13.7 Å². The first-order valence-electron chi connectivity index (χ1n) is 8.18. The Labute approximate surface area is 154 Å². The van der Waals surface area contributed by atoms with Gasteiger partial charge in [0.2, 0.25) is 0 Å². The van der Waals surface area contributed by atoms with Crippen molar-refractivity contribution in [2.24, 2.45) is 0 Å². The van der Waals surface area contributed by atoms with E-state index in [1.807, 2.05) is 0 Å². The minimum atomic E-state index is -1.70. The summed E-state index contributed by atoms with van der Waals surface area (Å²) in [7, 11) is 1.47. The number of nitrogens with one attached hydrogen (secondary N) is 1. The Morgan fingerprint density at radius 3 is 2.44 bits per heavy atom. The lowest BCUT2D eigenvalue weighted by Crippen LogP contribution is -2.41. The van der Waals surface area contributed by atoms with Crippen LogP contribution in [0.2, 0.25) is 0 Å². The lowest BCUT2D eigenvalue weighted by Gasteiger charge is -2.23. The summed E-state index contributed by atoms with van der Waals surface area (Å²) in [6, 6.07) is 9.00. The number of imide groups is 1. The largest absolute Gasteiger partial charge is 0.497 e. The molecule has 27 heavy (non-hydrogen) atoms. The number of hydrogen-bond donors (Lipinski definition) is 2. The Bertz CT molecular complexity index is 885.